The molecule has 128 valence electrons. The fraction of sp³-hybridized carbons (Fsp3) is 0.143. The molecule has 0 radical (unpaired) electrons. The second-order valence-corrected chi connectivity index (χ2v) is 6.34. The summed E-state index contributed by atoms with van der Waals surface area (Å²) in [6.07, 6.45) is 3.97. The molecule has 0 bridgehead atoms. The topological polar surface area (TPSA) is 43.7 Å². The molecular weight excluding hydrogens is 331 g/mol. The van der Waals surface area contributed by atoms with Crippen molar-refractivity contribution in [2.24, 2.45) is 4.99 Å². The molecule has 0 amide bonds. The van der Waals surface area contributed by atoms with Crippen molar-refractivity contribution in [2.75, 3.05) is 6.61 Å². The first kappa shape index (κ1) is 15.1. The summed E-state index contributed by atoms with van der Waals surface area (Å²) >= 11 is 0. The average molecular weight is 346 g/mol. The number of para-hydroxylation sites is 1. The fourth-order valence-corrected chi connectivity index (χ4v) is 3.35. The van der Waals surface area contributed by atoms with Crippen LogP contribution in [-0.4, -0.2) is 23.4 Å². The van der Waals surface area contributed by atoms with Gasteiger partial charge in [-0.1, -0.05) is 18.2 Å². The van der Waals surface area contributed by atoms with Gasteiger partial charge < -0.3 is 9.47 Å². The minimum absolute atomic E-state index is 0.180. The van der Waals surface area contributed by atoms with Crippen LogP contribution in [0.4, 0.5) is 10.1 Å². The Bertz CT molecular complexity index is 1020. The fourth-order valence-electron chi connectivity index (χ4n) is 3.35. The summed E-state index contributed by atoms with van der Waals surface area (Å²) in [5.74, 6) is 0.205. The first-order valence-corrected chi connectivity index (χ1v) is 8.47. The summed E-state index contributed by atoms with van der Waals surface area (Å²) in [7, 11) is 0. The highest BCUT2D eigenvalue weighted by Gasteiger charge is 2.30. The molecular formula is C21H15FN2O2. The molecule has 26 heavy (non-hydrogen) atoms. The van der Waals surface area contributed by atoms with Crippen molar-refractivity contribution in [3.05, 3.63) is 72.3 Å². The second kappa shape index (κ2) is 5.95. The lowest BCUT2D eigenvalue weighted by molar-refractivity contribution is 0.128. The van der Waals surface area contributed by atoms with Crippen molar-refractivity contribution in [1.29, 1.82) is 0 Å². The number of nitrogens with zero attached hydrogens (tertiary/aromatic N) is 2. The molecule has 1 atom stereocenters. The first-order chi connectivity index (χ1) is 12.8. The normalized spacial score (nSPS) is 17.6. The lowest BCUT2D eigenvalue weighted by Gasteiger charge is -2.26. The van der Waals surface area contributed by atoms with Crippen LogP contribution in [0.3, 0.4) is 0 Å². The Labute approximate surface area is 150 Å². The van der Waals surface area contributed by atoms with Gasteiger partial charge in [0.25, 0.3) is 0 Å². The van der Waals surface area contributed by atoms with E-state index in [0.29, 0.717) is 12.2 Å². The zero-order chi connectivity index (χ0) is 17.5. The van der Waals surface area contributed by atoms with Crippen LogP contribution < -0.4 is 9.47 Å². The molecule has 0 aliphatic carbocycles. The Kier molecular flexibility index (Phi) is 3.45. The van der Waals surface area contributed by atoms with Crippen LogP contribution in [0.25, 0.3) is 11.1 Å². The molecule has 0 fully saturated rings. The van der Waals surface area contributed by atoms with Gasteiger partial charge in [0.1, 0.15) is 6.61 Å². The zero-order valence-electron chi connectivity index (χ0n) is 13.9. The number of benzene rings is 2. The molecule has 2 aliphatic heterocycles. The van der Waals surface area contributed by atoms with E-state index in [2.05, 4.69) is 23.2 Å². The van der Waals surface area contributed by atoms with E-state index in [9.17, 15) is 4.39 Å². The molecule has 0 saturated carbocycles. The third kappa shape index (κ3) is 2.52. The largest absolute Gasteiger partial charge is 0.483 e. The van der Waals surface area contributed by atoms with Crippen LogP contribution >= 0.6 is 0 Å². The number of hydrogen-bond donors (Lipinski definition) is 0. The Morgan fingerprint density at radius 2 is 1.88 bits per heavy atom. The summed E-state index contributed by atoms with van der Waals surface area (Å²) < 4.78 is 25.3. The number of aliphatic imine (C=N–C) groups is 1. The minimum atomic E-state index is -0.403. The first-order valence-electron chi connectivity index (χ1n) is 8.47. The molecule has 3 heterocycles. The summed E-state index contributed by atoms with van der Waals surface area (Å²) in [6.45, 7) is 0.262. The third-order valence-electron chi connectivity index (χ3n) is 4.69. The monoisotopic (exact) mass is 346 g/mol. The van der Waals surface area contributed by atoms with Gasteiger partial charge in [-0.25, -0.2) is 4.39 Å². The second-order valence-electron chi connectivity index (χ2n) is 6.34. The maximum Gasteiger partial charge on any atom is 0.197 e. The molecule has 1 aromatic heterocycles. The van der Waals surface area contributed by atoms with Gasteiger partial charge in [-0.05, 0) is 47.0 Å². The van der Waals surface area contributed by atoms with Crippen LogP contribution in [0.5, 0.6) is 11.5 Å². The van der Waals surface area contributed by atoms with E-state index in [0.717, 1.165) is 28.1 Å². The lowest BCUT2D eigenvalue weighted by Crippen LogP contribution is -2.37. The van der Waals surface area contributed by atoms with Crippen molar-refractivity contribution in [2.45, 2.75) is 12.5 Å². The summed E-state index contributed by atoms with van der Waals surface area (Å²) in [4.78, 5) is 8.82. The van der Waals surface area contributed by atoms with Crippen molar-refractivity contribution in [3.8, 4) is 22.6 Å². The Balaban J connectivity index is 1.43. The molecule has 5 rings (SSSR count). The standard InChI is InChI=1S/C21H15FN2O2/c22-16-2-1-3-19-21(16)25-12-20(26-19)18-11-15-5-4-14(10-17(15)24-18)13-6-8-23-9-7-13/h1-10,20H,11-12H2. The van der Waals surface area contributed by atoms with Gasteiger partial charge in [0.05, 0.1) is 11.4 Å². The highest BCUT2D eigenvalue weighted by atomic mass is 19.1. The van der Waals surface area contributed by atoms with E-state index in [1.54, 1.807) is 24.5 Å². The van der Waals surface area contributed by atoms with Crippen LogP contribution in [0.1, 0.15) is 5.56 Å². The summed E-state index contributed by atoms with van der Waals surface area (Å²) in [6, 6.07) is 14.9. The number of ether oxygens (including phenoxy) is 2. The molecule has 4 nitrogen and oxygen atoms in total. The summed E-state index contributed by atoms with van der Waals surface area (Å²) in [5.41, 5.74) is 5.22. The predicted molar refractivity (Wildman–Crippen MR) is 96.8 cm³/mol. The van der Waals surface area contributed by atoms with Crippen LogP contribution in [0, 0.1) is 5.82 Å². The number of aromatic nitrogens is 1. The maximum absolute atomic E-state index is 13.8. The molecule has 2 aromatic carbocycles. The Morgan fingerprint density at radius 3 is 2.77 bits per heavy atom. The molecule has 1 unspecified atom stereocenters. The smallest absolute Gasteiger partial charge is 0.197 e. The van der Waals surface area contributed by atoms with E-state index >= 15 is 0 Å². The van der Waals surface area contributed by atoms with E-state index in [1.807, 2.05) is 12.1 Å². The molecule has 3 aromatic rings. The van der Waals surface area contributed by atoms with Gasteiger partial charge in [0.15, 0.2) is 23.4 Å². The van der Waals surface area contributed by atoms with Gasteiger partial charge in [-0.2, -0.15) is 0 Å². The highest BCUT2D eigenvalue weighted by molar-refractivity contribution is 5.98. The maximum atomic E-state index is 13.8. The van der Waals surface area contributed by atoms with Gasteiger partial charge in [-0.15, -0.1) is 0 Å². The Hall–Kier alpha value is -3.21. The molecule has 0 N–H and O–H groups in total. The van der Waals surface area contributed by atoms with Crippen molar-refractivity contribution in [1.82, 2.24) is 4.98 Å². The molecule has 0 spiro atoms. The number of pyridine rings is 1. The summed E-state index contributed by atoms with van der Waals surface area (Å²) in [5, 5.41) is 0. The lowest BCUT2D eigenvalue weighted by atomic mass is 10.0. The minimum Gasteiger partial charge on any atom is -0.483 e. The molecule has 2 aliphatic rings. The average Bonchev–Trinajstić information content (AvgIpc) is 3.12. The van der Waals surface area contributed by atoms with E-state index in [1.165, 1.54) is 6.07 Å². The third-order valence-corrected chi connectivity index (χ3v) is 4.69. The van der Waals surface area contributed by atoms with Gasteiger partial charge in [0, 0.05) is 18.8 Å². The van der Waals surface area contributed by atoms with E-state index in [4.69, 9.17) is 14.5 Å². The van der Waals surface area contributed by atoms with Crippen LogP contribution in [-0.2, 0) is 6.42 Å². The van der Waals surface area contributed by atoms with Crippen molar-refractivity contribution >= 4 is 11.4 Å². The quantitative estimate of drug-likeness (QED) is 0.693. The number of hydrogen-bond acceptors (Lipinski definition) is 4. The zero-order valence-corrected chi connectivity index (χ0v) is 13.9. The van der Waals surface area contributed by atoms with Gasteiger partial charge >= 0.3 is 0 Å². The van der Waals surface area contributed by atoms with Crippen molar-refractivity contribution in [3.63, 3.8) is 0 Å². The molecule has 0 saturated heterocycles. The van der Waals surface area contributed by atoms with Gasteiger partial charge in [0.2, 0.25) is 0 Å². The molecule has 5 heteroatoms. The Morgan fingerprint density at radius 1 is 1.00 bits per heavy atom. The van der Waals surface area contributed by atoms with E-state index in [-0.39, 0.29) is 18.5 Å². The highest BCUT2D eigenvalue weighted by Crippen LogP contribution is 2.37. The predicted octanol–water partition coefficient (Wildman–Crippen LogP) is 4.36. The van der Waals surface area contributed by atoms with Crippen LogP contribution in [0.2, 0.25) is 0 Å². The number of fused-ring (bicyclic) bond motifs is 2. The number of halogens is 1. The van der Waals surface area contributed by atoms with Crippen molar-refractivity contribution < 1.29 is 13.9 Å². The number of rotatable bonds is 2. The van der Waals surface area contributed by atoms with Crippen LogP contribution in [0.15, 0.2) is 65.9 Å². The van der Waals surface area contributed by atoms with Gasteiger partial charge in [-0.3, -0.25) is 9.98 Å². The SMILES string of the molecule is Fc1cccc2c1OCC(C1=Nc3cc(-c4ccncc4)ccc3C1)O2. The van der Waals surface area contributed by atoms with E-state index < -0.39 is 5.82 Å².